The fourth-order valence-corrected chi connectivity index (χ4v) is 4.32. The van der Waals surface area contributed by atoms with Crippen LogP contribution in [0.3, 0.4) is 0 Å². The molecule has 3 aromatic heterocycles. The van der Waals surface area contributed by atoms with Crippen molar-refractivity contribution in [3.8, 4) is 22.5 Å². The number of aryl methyl sites for hydroxylation is 1. The Hall–Kier alpha value is -2.89. The van der Waals surface area contributed by atoms with Crippen molar-refractivity contribution in [1.29, 1.82) is 0 Å². The van der Waals surface area contributed by atoms with E-state index in [1.807, 2.05) is 53.2 Å². The van der Waals surface area contributed by atoms with Crippen molar-refractivity contribution in [1.82, 2.24) is 9.38 Å². The average Bonchev–Trinajstić information content (AvgIpc) is 3.25. The maximum absolute atomic E-state index is 13.2. The SMILES string of the molecule is Cc1oc2ccc(Cl)cc2c(=O)c1-c1csc2nc(-c3ccccc3)cn12. The van der Waals surface area contributed by atoms with Gasteiger partial charge in [0, 0.05) is 22.2 Å². The van der Waals surface area contributed by atoms with Gasteiger partial charge in [0.1, 0.15) is 11.3 Å². The Labute approximate surface area is 163 Å². The highest BCUT2D eigenvalue weighted by molar-refractivity contribution is 7.15. The van der Waals surface area contributed by atoms with Crippen molar-refractivity contribution in [3.05, 3.63) is 81.1 Å². The van der Waals surface area contributed by atoms with E-state index in [1.165, 1.54) is 11.3 Å². The number of aromatic nitrogens is 2. The average molecular weight is 393 g/mol. The molecular weight excluding hydrogens is 380 g/mol. The van der Waals surface area contributed by atoms with E-state index in [2.05, 4.69) is 0 Å². The molecule has 2 aromatic carbocycles. The number of rotatable bonds is 2. The molecule has 3 heterocycles. The van der Waals surface area contributed by atoms with E-state index in [-0.39, 0.29) is 5.43 Å². The second-order valence-electron chi connectivity index (χ2n) is 6.27. The second-order valence-corrected chi connectivity index (χ2v) is 7.54. The molecule has 0 unspecified atom stereocenters. The van der Waals surface area contributed by atoms with E-state index in [9.17, 15) is 4.79 Å². The summed E-state index contributed by atoms with van der Waals surface area (Å²) in [6, 6.07) is 15.1. The first kappa shape index (κ1) is 16.3. The summed E-state index contributed by atoms with van der Waals surface area (Å²) in [5.74, 6) is 0.574. The van der Waals surface area contributed by atoms with Crippen molar-refractivity contribution in [2.75, 3.05) is 0 Å². The number of fused-ring (bicyclic) bond motifs is 2. The van der Waals surface area contributed by atoms with Gasteiger partial charge in [-0.15, -0.1) is 11.3 Å². The quantitative estimate of drug-likeness (QED) is 0.381. The Kier molecular flexibility index (Phi) is 3.67. The Balaban J connectivity index is 1.77. The smallest absolute Gasteiger partial charge is 0.202 e. The molecule has 0 atom stereocenters. The predicted octanol–water partition coefficient (Wildman–Crippen LogP) is 5.80. The number of thiazole rings is 1. The van der Waals surface area contributed by atoms with Gasteiger partial charge < -0.3 is 4.42 Å². The molecule has 0 spiro atoms. The largest absolute Gasteiger partial charge is 0.460 e. The van der Waals surface area contributed by atoms with E-state index in [1.54, 1.807) is 18.2 Å². The van der Waals surface area contributed by atoms with Gasteiger partial charge in [-0.1, -0.05) is 41.9 Å². The lowest BCUT2D eigenvalue weighted by atomic mass is 10.1. The topological polar surface area (TPSA) is 47.5 Å². The maximum Gasteiger partial charge on any atom is 0.202 e. The van der Waals surface area contributed by atoms with Crippen LogP contribution < -0.4 is 5.43 Å². The Bertz CT molecular complexity index is 1370. The predicted molar refractivity (Wildman–Crippen MR) is 110 cm³/mol. The highest BCUT2D eigenvalue weighted by atomic mass is 35.5. The molecule has 0 aliphatic heterocycles. The first-order valence-corrected chi connectivity index (χ1v) is 9.63. The second kappa shape index (κ2) is 6.08. The van der Waals surface area contributed by atoms with Gasteiger partial charge in [-0.05, 0) is 25.1 Å². The van der Waals surface area contributed by atoms with Crippen LogP contribution in [0.15, 0.2) is 69.3 Å². The number of hydrogen-bond acceptors (Lipinski definition) is 4. The van der Waals surface area contributed by atoms with Gasteiger partial charge in [-0.2, -0.15) is 0 Å². The van der Waals surface area contributed by atoms with Crippen LogP contribution in [-0.4, -0.2) is 9.38 Å². The third kappa shape index (κ3) is 2.59. The molecule has 0 amide bonds. The molecular formula is C21H13ClN2O2S. The van der Waals surface area contributed by atoms with E-state index in [0.717, 1.165) is 21.9 Å². The molecule has 4 nitrogen and oxygen atoms in total. The molecule has 0 saturated heterocycles. The molecule has 0 radical (unpaired) electrons. The van der Waals surface area contributed by atoms with Gasteiger partial charge in [0.2, 0.25) is 5.43 Å². The van der Waals surface area contributed by atoms with Gasteiger partial charge in [-0.3, -0.25) is 9.20 Å². The molecule has 0 aliphatic carbocycles. The lowest BCUT2D eigenvalue weighted by Gasteiger charge is -2.06. The van der Waals surface area contributed by atoms with Crippen molar-refractivity contribution >= 4 is 38.9 Å². The van der Waals surface area contributed by atoms with Crippen LogP contribution in [0.2, 0.25) is 5.02 Å². The molecule has 27 heavy (non-hydrogen) atoms. The van der Waals surface area contributed by atoms with Crippen molar-refractivity contribution in [2.24, 2.45) is 0 Å². The molecule has 0 aliphatic rings. The van der Waals surface area contributed by atoms with E-state index < -0.39 is 0 Å². The summed E-state index contributed by atoms with van der Waals surface area (Å²) in [4.78, 5) is 18.7. The van der Waals surface area contributed by atoms with E-state index in [0.29, 0.717) is 27.3 Å². The normalized spacial score (nSPS) is 11.5. The van der Waals surface area contributed by atoms with Crippen molar-refractivity contribution in [3.63, 3.8) is 0 Å². The van der Waals surface area contributed by atoms with Gasteiger partial charge in [0.25, 0.3) is 0 Å². The minimum Gasteiger partial charge on any atom is -0.460 e. The zero-order valence-corrected chi connectivity index (χ0v) is 15.8. The third-order valence-electron chi connectivity index (χ3n) is 4.56. The number of nitrogens with zero attached hydrogens (tertiary/aromatic N) is 2. The molecule has 5 rings (SSSR count). The standard InChI is InChI=1S/C21H13ClN2O2S/c1-12-19(20(25)15-9-14(22)7-8-18(15)26-12)17-11-27-21-23-16(10-24(17)21)13-5-3-2-4-6-13/h2-11H,1H3. The summed E-state index contributed by atoms with van der Waals surface area (Å²) in [5.41, 5.74) is 3.66. The van der Waals surface area contributed by atoms with Gasteiger partial charge in [0.05, 0.1) is 22.3 Å². The Morgan fingerprint density at radius 1 is 1.15 bits per heavy atom. The number of halogens is 1. The van der Waals surface area contributed by atoms with E-state index >= 15 is 0 Å². The molecule has 132 valence electrons. The van der Waals surface area contributed by atoms with Crippen molar-refractivity contribution in [2.45, 2.75) is 6.92 Å². The van der Waals surface area contributed by atoms with Gasteiger partial charge in [-0.25, -0.2) is 4.98 Å². The van der Waals surface area contributed by atoms with Crippen LogP contribution in [0, 0.1) is 6.92 Å². The summed E-state index contributed by atoms with van der Waals surface area (Å²) in [6.45, 7) is 1.81. The number of benzene rings is 2. The highest BCUT2D eigenvalue weighted by Crippen LogP contribution is 2.31. The van der Waals surface area contributed by atoms with Crippen LogP contribution >= 0.6 is 22.9 Å². The summed E-state index contributed by atoms with van der Waals surface area (Å²) in [7, 11) is 0. The zero-order chi connectivity index (χ0) is 18.5. The lowest BCUT2D eigenvalue weighted by molar-refractivity contribution is 0.567. The van der Waals surface area contributed by atoms with Crippen LogP contribution in [-0.2, 0) is 0 Å². The van der Waals surface area contributed by atoms with Crippen LogP contribution in [0.25, 0.3) is 38.4 Å². The zero-order valence-electron chi connectivity index (χ0n) is 14.3. The van der Waals surface area contributed by atoms with Gasteiger partial charge >= 0.3 is 0 Å². The minimum atomic E-state index is -0.0917. The fraction of sp³-hybridized carbons (Fsp3) is 0.0476. The molecule has 0 saturated carbocycles. The monoisotopic (exact) mass is 392 g/mol. The first-order chi connectivity index (χ1) is 13.1. The van der Waals surface area contributed by atoms with E-state index in [4.69, 9.17) is 21.0 Å². The summed E-state index contributed by atoms with van der Waals surface area (Å²) in [6.07, 6.45) is 1.96. The molecule has 0 fully saturated rings. The van der Waals surface area contributed by atoms with Crippen LogP contribution in [0.4, 0.5) is 0 Å². The summed E-state index contributed by atoms with van der Waals surface area (Å²) < 4.78 is 7.85. The number of hydrogen-bond donors (Lipinski definition) is 0. The van der Waals surface area contributed by atoms with Crippen LogP contribution in [0.1, 0.15) is 5.76 Å². The Morgan fingerprint density at radius 3 is 2.78 bits per heavy atom. The lowest BCUT2D eigenvalue weighted by Crippen LogP contribution is -2.08. The minimum absolute atomic E-state index is 0.0917. The van der Waals surface area contributed by atoms with Crippen molar-refractivity contribution < 1.29 is 4.42 Å². The first-order valence-electron chi connectivity index (χ1n) is 8.37. The highest BCUT2D eigenvalue weighted by Gasteiger charge is 2.18. The molecule has 5 aromatic rings. The summed E-state index contributed by atoms with van der Waals surface area (Å²) >= 11 is 7.58. The Morgan fingerprint density at radius 2 is 1.96 bits per heavy atom. The molecule has 0 N–H and O–H groups in total. The summed E-state index contributed by atoms with van der Waals surface area (Å²) in [5, 5.41) is 2.92. The van der Waals surface area contributed by atoms with Crippen LogP contribution in [0.5, 0.6) is 0 Å². The number of imidazole rings is 1. The van der Waals surface area contributed by atoms with Gasteiger partial charge in [0.15, 0.2) is 4.96 Å². The molecule has 0 bridgehead atoms. The molecule has 6 heteroatoms. The third-order valence-corrected chi connectivity index (χ3v) is 5.64. The fourth-order valence-electron chi connectivity index (χ4n) is 3.29. The maximum atomic E-state index is 13.2.